The second kappa shape index (κ2) is 5.16. The van der Waals surface area contributed by atoms with Crippen molar-refractivity contribution in [1.29, 1.82) is 0 Å². The molecule has 20 heavy (non-hydrogen) atoms. The van der Waals surface area contributed by atoms with Gasteiger partial charge in [-0.2, -0.15) is 4.98 Å². The van der Waals surface area contributed by atoms with Gasteiger partial charge in [-0.1, -0.05) is 25.9 Å². The van der Waals surface area contributed by atoms with Crippen LogP contribution in [0.5, 0.6) is 0 Å². The van der Waals surface area contributed by atoms with Crippen molar-refractivity contribution in [3.05, 3.63) is 11.7 Å². The lowest BCUT2D eigenvalue weighted by molar-refractivity contribution is -0.144. The minimum atomic E-state index is -0.728. The lowest BCUT2D eigenvalue weighted by Crippen LogP contribution is -2.24. The molecule has 2 rings (SSSR count). The van der Waals surface area contributed by atoms with E-state index in [0.717, 1.165) is 0 Å². The van der Waals surface area contributed by atoms with Crippen LogP contribution < -0.4 is 0 Å². The van der Waals surface area contributed by atoms with Gasteiger partial charge in [0.2, 0.25) is 11.7 Å². The molecule has 112 valence electrons. The Kier molecular flexibility index (Phi) is 3.86. The van der Waals surface area contributed by atoms with Gasteiger partial charge in [0.05, 0.1) is 7.11 Å². The molecule has 1 aromatic heterocycles. The topological polar surface area (TPSA) is 74.5 Å². The number of hydrogen-bond donors (Lipinski definition) is 0. The van der Waals surface area contributed by atoms with E-state index in [1.54, 1.807) is 0 Å². The van der Waals surface area contributed by atoms with Crippen molar-refractivity contribution in [3.8, 4) is 0 Å². The van der Waals surface area contributed by atoms with Crippen LogP contribution in [0.3, 0.4) is 0 Å². The normalized spacial score (nSPS) is 18.6. The third kappa shape index (κ3) is 2.57. The Morgan fingerprint density at radius 1 is 1.45 bits per heavy atom. The SMILES string of the molecule is CCOC(c1noc(C2(C(=O)OC)CC2)n1)C(C)(C)C. The highest BCUT2D eigenvalue weighted by Gasteiger charge is 2.57. The summed E-state index contributed by atoms with van der Waals surface area (Å²) in [5.41, 5.74) is -0.881. The highest BCUT2D eigenvalue weighted by Crippen LogP contribution is 2.49. The first kappa shape index (κ1) is 15.0. The van der Waals surface area contributed by atoms with Crippen LogP contribution in [-0.4, -0.2) is 29.8 Å². The Bertz CT molecular complexity index is 486. The molecule has 1 saturated carbocycles. The first-order valence-corrected chi connectivity index (χ1v) is 6.89. The zero-order chi connectivity index (χ0) is 15.0. The van der Waals surface area contributed by atoms with Crippen LogP contribution in [0.15, 0.2) is 4.52 Å². The van der Waals surface area contributed by atoms with Crippen molar-refractivity contribution in [3.63, 3.8) is 0 Å². The zero-order valence-electron chi connectivity index (χ0n) is 12.7. The van der Waals surface area contributed by atoms with Gasteiger partial charge < -0.3 is 14.0 Å². The van der Waals surface area contributed by atoms with E-state index in [-0.39, 0.29) is 17.5 Å². The molecule has 1 aromatic rings. The number of aromatic nitrogens is 2. The fourth-order valence-electron chi connectivity index (χ4n) is 2.24. The molecule has 0 spiro atoms. The molecule has 1 atom stereocenters. The maximum atomic E-state index is 11.8. The minimum absolute atomic E-state index is 0.154. The molecule has 1 aliphatic rings. The zero-order valence-corrected chi connectivity index (χ0v) is 12.7. The average molecular weight is 282 g/mol. The molecular weight excluding hydrogens is 260 g/mol. The summed E-state index contributed by atoms with van der Waals surface area (Å²) in [6, 6.07) is 0. The van der Waals surface area contributed by atoms with Crippen LogP contribution in [0.2, 0.25) is 0 Å². The minimum Gasteiger partial charge on any atom is -0.468 e. The van der Waals surface area contributed by atoms with E-state index in [1.807, 2.05) is 6.92 Å². The van der Waals surface area contributed by atoms with Crippen LogP contribution in [0, 0.1) is 5.41 Å². The van der Waals surface area contributed by atoms with E-state index in [9.17, 15) is 4.79 Å². The smallest absolute Gasteiger partial charge is 0.321 e. The van der Waals surface area contributed by atoms with E-state index >= 15 is 0 Å². The summed E-state index contributed by atoms with van der Waals surface area (Å²) >= 11 is 0. The Balaban J connectivity index is 2.26. The molecule has 1 fully saturated rings. The summed E-state index contributed by atoms with van der Waals surface area (Å²) in [7, 11) is 1.37. The number of carbonyl (C=O) groups is 1. The van der Waals surface area contributed by atoms with Gasteiger partial charge >= 0.3 is 5.97 Å². The molecule has 0 bridgehead atoms. The second-order valence-electron chi connectivity index (χ2n) is 6.23. The highest BCUT2D eigenvalue weighted by atomic mass is 16.5. The summed E-state index contributed by atoms with van der Waals surface area (Å²) in [5.74, 6) is 0.522. The van der Waals surface area contributed by atoms with Crippen molar-refractivity contribution in [2.75, 3.05) is 13.7 Å². The van der Waals surface area contributed by atoms with Crippen LogP contribution in [0.4, 0.5) is 0 Å². The molecule has 1 unspecified atom stereocenters. The molecule has 1 heterocycles. The summed E-state index contributed by atoms with van der Waals surface area (Å²) in [6.07, 6.45) is 1.12. The first-order valence-electron chi connectivity index (χ1n) is 6.89. The number of rotatable bonds is 5. The number of hydrogen-bond acceptors (Lipinski definition) is 6. The number of carbonyl (C=O) groups excluding carboxylic acids is 1. The molecule has 0 aromatic carbocycles. The van der Waals surface area contributed by atoms with Gasteiger partial charge in [0.1, 0.15) is 11.5 Å². The summed E-state index contributed by atoms with van der Waals surface area (Å²) in [4.78, 5) is 16.2. The van der Waals surface area contributed by atoms with E-state index in [1.165, 1.54) is 7.11 Å². The lowest BCUT2D eigenvalue weighted by Gasteiger charge is -2.27. The monoisotopic (exact) mass is 282 g/mol. The highest BCUT2D eigenvalue weighted by molar-refractivity contribution is 5.85. The van der Waals surface area contributed by atoms with E-state index in [0.29, 0.717) is 31.2 Å². The van der Waals surface area contributed by atoms with E-state index in [4.69, 9.17) is 14.0 Å². The van der Waals surface area contributed by atoms with Gasteiger partial charge in [-0.05, 0) is 25.2 Å². The van der Waals surface area contributed by atoms with Gasteiger partial charge in [0.25, 0.3) is 0 Å². The summed E-state index contributed by atoms with van der Waals surface area (Å²) < 4.78 is 15.8. The maximum absolute atomic E-state index is 11.8. The fourth-order valence-corrected chi connectivity index (χ4v) is 2.24. The molecule has 0 saturated heterocycles. The third-order valence-corrected chi connectivity index (χ3v) is 3.53. The number of ether oxygens (including phenoxy) is 2. The predicted molar refractivity (Wildman–Crippen MR) is 71.0 cm³/mol. The molecule has 6 heteroatoms. The lowest BCUT2D eigenvalue weighted by atomic mass is 9.88. The molecule has 0 aliphatic heterocycles. The molecule has 0 N–H and O–H groups in total. The molecule has 6 nitrogen and oxygen atoms in total. The van der Waals surface area contributed by atoms with E-state index in [2.05, 4.69) is 30.9 Å². The van der Waals surface area contributed by atoms with Crippen LogP contribution in [0.25, 0.3) is 0 Å². The molecule has 0 amide bonds. The number of esters is 1. The summed E-state index contributed by atoms with van der Waals surface area (Å²) in [5, 5.41) is 4.01. The Hall–Kier alpha value is -1.43. The Labute approximate surface area is 118 Å². The predicted octanol–water partition coefficient (Wildman–Crippen LogP) is 2.40. The van der Waals surface area contributed by atoms with Crippen LogP contribution in [0.1, 0.15) is 58.4 Å². The first-order chi connectivity index (χ1) is 9.35. The number of nitrogens with zero attached hydrogens (tertiary/aromatic N) is 2. The van der Waals surface area contributed by atoms with Crippen LogP contribution in [-0.2, 0) is 19.7 Å². The van der Waals surface area contributed by atoms with Gasteiger partial charge in [-0.15, -0.1) is 0 Å². The molecule has 1 aliphatic carbocycles. The third-order valence-electron chi connectivity index (χ3n) is 3.53. The maximum Gasteiger partial charge on any atom is 0.321 e. The van der Waals surface area contributed by atoms with Crippen molar-refractivity contribution in [1.82, 2.24) is 10.1 Å². The molecular formula is C14H22N2O4. The standard InChI is InChI=1S/C14H22N2O4/c1-6-19-9(13(2,3)4)10-15-11(20-16-10)14(7-8-14)12(17)18-5/h9H,6-8H2,1-5H3. The quantitative estimate of drug-likeness (QED) is 0.772. The van der Waals surface area contributed by atoms with E-state index < -0.39 is 5.41 Å². The summed E-state index contributed by atoms with van der Waals surface area (Å²) in [6.45, 7) is 8.65. The van der Waals surface area contributed by atoms with Gasteiger partial charge in [-0.25, -0.2) is 0 Å². The van der Waals surface area contributed by atoms with Gasteiger partial charge in [-0.3, -0.25) is 4.79 Å². The van der Waals surface area contributed by atoms with Crippen molar-refractivity contribution < 1.29 is 18.8 Å². The van der Waals surface area contributed by atoms with Crippen LogP contribution >= 0.6 is 0 Å². The Morgan fingerprint density at radius 3 is 2.55 bits per heavy atom. The molecule has 0 radical (unpaired) electrons. The van der Waals surface area contributed by atoms with Gasteiger partial charge in [0, 0.05) is 6.61 Å². The Morgan fingerprint density at radius 2 is 2.10 bits per heavy atom. The van der Waals surface area contributed by atoms with Crippen molar-refractivity contribution >= 4 is 5.97 Å². The van der Waals surface area contributed by atoms with Crippen molar-refractivity contribution in [2.24, 2.45) is 5.41 Å². The largest absolute Gasteiger partial charge is 0.468 e. The van der Waals surface area contributed by atoms with Gasteiger partial charge in [0.15, 0.2) is 0 Å². The number of methoxy groups -OCH3 is 1. The second-order valence-corrected chi connectivity index (χ2v) is 6.23. The fraction of sp³-hybridized carbons (Fsp3) is 0.786. The average Bonchev–Trinajstić information content (AvgIpc) is 3.06. The van der Waals surface area contributed by atoms with Crippen molar-refractivity contribution in [2.45, 2.75) is 52.1 Å².